The minimum absolute atomic E-state index is 0.0393. The predicted molar refractivity (Wildman–Crippen MR) is 59.2 cm³/mol. The van der Waals surface area contributed by atoms with E-state index in [2.05, 4.69) is 14.7 Å². The van der Waals surface area contributed by atoms with Crippen LogP contribution in [-0.4, -0.2) is 16.3 Å². The van der Waals surface area contributed by atoms with E-state index < -0.39 is 18.4 Å². The van der Waals surface area contributed by atoms with E-state index in [9.17, 15) is 13.2 Å². The molecular weight excluding hydrogens is 263 g/mol. The van der Waals surface area contributed by atoms with Gasteiger partial charge in [-0.3, -0.25) is 0 Å². The average Bonchev–Trinajstić information content (AvgIpc) is 2.73. The maximum absolute atomic E-state index is 12.1. The average molecular weight is 273 g/mol. The van der Waals surface area contributed by atoms with Gasteiger partial charge in [0.05, 0.1) is 5.69 Å². The first kappa shape index (κ1) is 13.2. The molecule has 0 saturated heterocycles. The van der Waals surface area contributed by atoms with Crippen molar-refractivity contribution in [3.8, 4) is 5.75 Å². The smallest absolute Gasteiger partial charge is 0.396 e. The Morgan fingerprint density at radius 3 is 2.68 bits per heavy atom. The monoisotopic (exact) mass is 273 g/mol. The number of benzene rings is 1. The number of rotatable bonds is 4. The fourth-order valence-electron chi connectivity index (χ4n) is 1.35. The van der Waals surface area contributed by atoms with Crippen molar-refractivity contribution in [2.24, 2.45) is 0 Å². The quantitative estimate of drug-likeness (QED) is 0.865. The van der Waals surface area contributed by atoms with Crippen LogP contribution in [0.2, 0.25) is 0 Å². The van der Waals surface area contributed by atoms with Crippen molar-refractivity contribution in [1.29, 1.82) is 0 Å². The summed E-state index contributed by atoms with van der Waals surface area (Å²) in [6, 6.07) is 6.71. The van der Waals surface area contributed by atoms with E-state index >= 15 is 0 Å². The summed E-state index contributed by atoms with van der Waals surface area (Å²) in [5, 5.41) is 3.22. The first-order chi connectivity index (χ1) is 8.94. The topological polar surface area (TPSA) is 74.2 Å². The maximum atomic E-state index is 12.1. The van der Waals surface area contributed by atoms with Crippen molar-refractivity contribution < 1.29 is 22.4 Å². The Kier molecular flexibility index (Phi) is 3.59. The number of hydrogen-bond donors (Lipinski definition) is 1. The minimum Gasteiger partial charge on any atom is -0.482 e. The van der Waals surface area contributed by atoms with E-state index in [1.165, 1.54) is 0 Å². The largest absolute Gasteiger partial charge is 0.482 e. The molecule has 0 unspecified atom stereocenters. The normalized spacial score (nSPS) is 11.5. The van der Waals surface area contributed by atoms with E-state index in [0.29, 0.717) is 11.4 Å². The van der Waals surface area contributed by atoms with Crippen molar-refractivity contribution in [2.75, 3.05) is 5.73 Å². The molecule has 19 heavy (non-hydrogen) atoms. The van der Waals surface area contributed by atoms with Crippen LogP contribution in [0.25, 0.3) is 0 Å². The fourth-order valence-corrected chi connectivity index (χ4v) is 1.35. The molecule has 0 atom stereocenters. The van der Waals surface area contributed by atoms with Crippen molar-refractivity contribution in [3.63, 3.8) is 0 Å². The van der Waals surface area contributed by atoms with Crippen LogP contribution in [-0.2, 0) is 13.0 Å². The molecule has 0 aliphatic carbocycles. The number of hydrogen-bond acceptors (Lipinski definition) is 5. The fraction of sp³-hybridized carbons (Fsp3) is 0.273. The number of nitrogens with zero attached hydrogens (tertiary/aromatic N) is 2. The SMILES string of the molecule is Nc1ccccc1OCc1nc(CC(F)(F)F)no1. The molecule has 0 bridgehead atoms. The lowest BCUT2D eigenvalue weighted by Crippen LogP contribution is -2.12. The zero-order valence-electron chi connectivity index (χ0n) is 9.65. The number of nitrogen functional groups attached to an aromatic ring is 1. The van der Waals surface area contributed by atoms with Gasteiger partial charge in [-0.1, -0.05) is 17.3 Å². The van der Waals surface area contributed by atoms with Crippen LogP contribution in [0, 0.1) is 0 Å². The molecule has 2 aromatic rings. The van der Waals surface area contributed by atoms with E-state index in [1.54, 1.807) is 24.3 Å². The number of ether oxygens (including phenoxy) is 1. The molecule has 0 aliphatic heterocycles. The van der Waals surface area contributed by atoms with Gasteiger partial charge in [-0.15, -0.1) is 0 Å². The first-order valence-corrected chi connectivity index (χ1v) is 5.29. The van der Waals surface area contributed by atoms with Crippen LogP contribution in [0.1, 0.15) is 11.7 Å². The minimum atomic E-state index is -4.37. The van der Waals surface area contributed by atoms with Crippen LogP contribution in [0.15, 0.2) is 28.8 Å². The molecule has 1 heterocycles. The molecule has 2 rings (SSSR count). The molecule has 5 nitrogen and oxygen atoms in total. The highest BCUT2D eigenvalue weighted by atomic mass is 19.4. The highest BCUT2D eigenvalue weighted by molar-refractivity contribution is 5.51. The Morgan fingerprint density at radius 1 is 1.26 bits per heavy atom. The van der Waals surface area contributed by atoms with Crippen molar-refractivity contribution in [1.82, 2.24) is 10.1 Å². The lowest BCUT2D eigenvalue weighted by atomic mass is 10.3. The van der Waals surface area contributed by atoms with Gasteiger partial charge in [0.25, 0.3) is 5.89 Å². The highest BCUT2D eigenvalue weighted by Gasteiger charge is 2.30. The summed E-state index contributed by atoms with van der Waals surface area (Å²) in [7, 11) is 0. The van der Waals surface area contributed by atoms with E-state index in [1.807, 2.05) is 0 Å². The van der Waals surface area contributed by atoms with Gasteiger partial charge in [-0.2, -0.15) is 18.2 Å². The summed E-state index contributed by atoms with van der Waals surface area (Å²) in [6.45, 7) is -0.140. The summed E-state index contributed by atoms with van der Waals surface area (Å²) in [5.74, 6) is -0.0623. The molecule has 102 valence electrons. The lowest BCUT2D eigenvalue weighted by Gasteiger charge is -2.05. The van der Waals surface area contributed by atoms with Gasteiger partial charge in [-0.25, -0.2) is 0 Å². The standard InChI is InChI=1S/C11H10F3N3O2/c12-11(13,14)5-9-16-10(19-17-9)6-18-8-4-2-1-3-7(8)15/h1-4H,5-6,15H2. The number of anilines is 1. The number of halogens is 3. The molecular formula is C11H10F3N3O2. The van der Waals surface area contributed by atoms with Gasteiger partial charge >= 0.3 is 6.18 Å². The summed E-state index contributed by atoms with van der Waals surface area (Å²) >= 11 is 0. The zero-order chi connectivity index (χ0) is 13.9. The maximum Gasteiger partial charge on any atom is 0.396 e. The van der Waals surface area contributed by atoms with E-state index in [-0.39, 0.29) is 12.5 Å². The number of aromatic nitrogens is 2. The molecule has 1 aromatic heterocycles. The van der Waals surface area contributed by atoms with Gasteiger partial charge in [-0.05, 0) is 12.1 Å². The van der Waals surface area contributed by atoms with Gasteiger partial charge < -0.3 is 15.0 Å². The second kappa shape index (κ2) is 5.17. The zero-order valence-corrected chi connectivity index (χ0v) is 9.65. The predicted octanol–water partition coefficient (Wildman–Crippen LogP) is 2.34. The van der Waals surface area contributed by atoms with Crippen LogP contribution in [0.3, 0.4) is 0 Å². The molecule has 0 amide bonds. The number of alkyl halides is 3. The van der Waals surface area contributed by atoms with Crippen molar-refractivity contribution in [2.45, 2.75) is 19.2 Å². The third-order valence-electron chi connectivity index (χ3n) is 2.14. The van der Waals surface area contributed by atoms with E-state index in [4.69, 9.17) is 10.5 Å². The van der Waals surface area contributed by atoms with Crippen LogP contribution in [0.4, 0.5) is 18.9 Å². The van der Waals surface area contributed by atoms with Gasteiger partial charge in [0.2, 0.25) is 0 Å². The lowest BCUT2D eigenvalue weighted by molar-refractivity contribution is -0.128. The number of para-hydroxylation sites is 2. The molecule has 0 spiro atoms. The van der Waals surface area contributed by atoms with Gasteiger partial charge in [0.15, 0.2) is 12.4 Å². The Bertz CT molecular complexity index is 554. The molecule has 0 fully saturated rings. The summed E-state index contributed by atoms with van der Waals surface area (Å²) in [6.07, 6.45) is -5.60. The van der Waals surface area contributed by atoms with Gasteiger partial charge in [0.1, 0.15) is 12.2 Å². The third kappa shape index (κ3) is 3.87. The first-order valence-electron chi connectivity index (χ1n) is 5.29. The van der Waals surface area contributed by atoms with Crippen LogP contribution >= 0.6 is 0 Å². The molecule has 0 saturated carbocycles. The molecule has 2 N–H and O–H groups in total. The molecule has 0 radical (unpaired) electrons. The third-order valence-corrected chi connectivity index (χ3v) is 2.14. The Hall–Kier alpha value is -2.25. The molecule has 1 aromatic carbocycles. The molecule has 0 aliphatic rings. The van der Waals surface area contributed by atoms with E-state index in [0.717, 1.165) is 0 Å². The Balaban J connectivity index is 1.96. The summed E-state index contributed by atoms with van der Waals surface area (Å²) < 4.78 is 46.2. The Morgan fingerprint density at radius 2 is 2.00 bits per heavy atom. The van der Waals surface area contributed by atoms with Crippen LogP contribution in [0.5, 0.6) is 5.75 Å². The van der Waals surface area contributed by atoms with Crippen molar-refractivity contribution in [3.05, 3.63) is 36.0 Å². The molecule has 8 heteroatoms. The highest BCUT2D eigenvalue weighted by Crippen LogP contribution is 2.22. The second-order valence-corrected chi connectivity index (χ2v) is 3.72. The van der Waals surface area contributed by atoms with Crippen molar-refractivity contribution >= 4 is 5.69 Å². The Labute approximate surface area is 106 Å². The van der Waals surface area contributed by atoms with Crippen LogP contribution < -0.4 is 10.5 Å². The number of nitrogens with two attached hydrogens (primary N) is 1. The second-order valence-electron chi connectivity index (χ2n) is 3.72. The van der Waals surface area contributed by atoms with Gasteiger partial charge in [0, 0.05) is 0 Å². The summed E-state index contributed by atoms with van der Waals surface area (Å²) in [5.41, 5.74) is 6.05. The summed E-state index contributed by atoms with van der Waals surface area (Å²) in [4.78, 5) is 3.58.